The molecule has 3 heterocycles. The smallest absolute Gasteiger partial charge is 0.332 e. The van der Waals surface area contributed by atoms with Gasteiger partial charge in [0.05, 0.1) is 26.7 Å². The molecule has 10 heteroatoms. The third kappa shape index (κ3) is 3.71. The summed E-state index contributed by atoms with van der Waals surface area (Å²) in [6, 6.07) is 7.74. The van der Waals surface area contributed by atoms with Gasteiger partial charge in [-0.15, -0.1) is 0 Å². The molecule has 174 valence electrons. The van der Waals surface area contributed by atoms with Crippen molar-refractivity contribution in [3.05, 3.63) is 62.1 Å². The van der Waals surface area contributed by atoms with E-state index >= 15 is 0 Å². The summed E-state index contributed by atoms with van der Waals surface area (Å²) in [5.74, 6) is 0.892. The minimum Gasteiger partial charge on any atom is -0.497 e. The topological polar surface area (TPSA) is 102 Å². The summed E-state index contributed by atoms with van der Waals surface area (Å²) in [6.45, 7) is 6.33. The van der Waals surface area contributed by atoms with E-state index in [1.807, 2.05) is 42.7 Å². The van der Waals surface area contributed by atoms with Gasteiger partial charge in [-0.3, -0.25) is 23.1 Å². The van der Waals surface area contributed by atoms with Crippen LogP contribution in [0.5, 0.6) is 5.75 Å². The van der Waals surface area contributed by atoms with Crippen LogP contribution in [0.4, 0.5) is 0 Å². The average Bonchev–Trinajstić information content (AvgIpc) is 3.30. The fourth-order valence-electron chi connectivity index (χ4n) is 4.05. The van der Waals surface area contributed by atoms with Crippen LogP contribution in [0.1, 0.15) is 30.3 Å². The summed E-state index contributed by atoms with van der Waals surface area (Å²) < 4.78 is 16.4. The third-order valence-electron chi connectivity index (χ3n) is 5.97. The van der Waals surface area contributed by atoms with Gasteiger partial charge >= 0.3 is 11.7 Å². The Morgan fingerprint density at radius 2 is 1.76 bits per heavy atom. The van der Waals surface area contributed by atoms with Crippen molar-refractivity contribution in [3.8, 4) is 5.75 Å². The van der Waals surface area contributed by atoms with Crippen molar-refractivity contribution in [2.45, 2.75) is 40.3 Å². The van der Waals surface area contributed by atoms with Gasteiger partial charge in [-0.1, -0.05) is 12.1 Å². The van der Waals surface area contributed by atoms with Gasteiger partial charge in [0.25, 0.3) is 5.56 Å². The number of imidazole rings is 2. The lowest BCUT2D eigenvalue weighted by molar-refractivity contribution is -0.143. The Balaban J connectivity index is 1.87. The van der Waals surface area contributed by atoms with Crippen LogP contribution >= 0.6 is 0 Å². The third-order valence-corrected chi connectivity index (χ3v) is 5.97. The Hall–Kier alpha value is -3.82. The number of benzene rings is 1. The van der Waals surface area contributed by atoms with Gasteiger partial charge in [-0.05, 0) is 38.5 Å². The minimum atomic E-state index is -0.520. The van der Waals surface area contributed by atoms with E-state index in [4.69, 9.17) is 9.47 Å². The molecule has 10 nitrogen and oxygen atoms in total. The fourth-order valence-corrected chi connectivity index (χ4v) is 4.05. The molecule has 0 unspecified atom stereocenters. The Bertz CT molecular complexity index is 1470. The zero-order chi connectivity index (χ0) is 23.9. The van der Waals surface area contributed by atoms with Gasteiger partial charge < -0.3 is 14.0 Å². The van der Waals surface area contributed by atoms with Crippen LogP contribution in [0.3, 0.4) is 0 Å². The highest BCUT2D eigenvalue weighted by molar-refractivity contribution is 5.76. The first-order chi connectivity index (χ1) is 15.8. The van der Waals surface area contributed by atoms with E-state index in [0.717, 1.165) is 27.3 Å². The summed E-state index contributed by atoms with van der Waals surface area (Å²) in [6.07, 6.45) is -0.0626. The van der Waals surface area contributed by atoms with E-state index in [-0.39, 0.29) is 19.6 Å². The van der Waals surface area contributed by atoms with Crippen molar-refractivity contribution in [1.29, 1.82) is 0 Å². The second-order valence-corrected chi connectivity index (χ2v) is 7.88. The lowest BCUT2D eigenvalue weighted by atomic mass is 10.2. The molecule has 0 aliphatic carbocycles. The van der Waals surface area contributed by atoms with Crippen molar-refractivity contribution >= 4 is 22.9 Å². The lowest BCUT2D eigenvalue weighted by Crippen LogP contribution is -2.40. The maximum Gasteiger partial charge on any atom is 0.332 e. The lowest BCUT2D eigenvalue weighted by Gasteiger charge is -2.09. The normalized spacial score (nSPS) is 11.4. The molecule has 0 bridgehead atoms. The number of fused-ring (bicyclic) bond motifs is 3. The van der Waals surface area contributed by atoms with Gasteiger partial charge in [-0.25, -0.2) is 4.79 Å². The number of aromatic nitrogens is 5. The molecule has 0 aliphatic rings. The first-order valence-corrected chi connectivity index (χ1v) is 10.7. The summed E-state index contributed by atoms with van der Waals surface area (Å²) in [5.41, 5.74) is 2.48. The highest BCUT2D eigenvalue weighted by Gasteiger charge is 2.23. The SMILES string of the molecule is CCOC(=O)CCn1c(=O)c2c(nc3n(Cc4ccc(OC)cc4)c(C)c(C)n23)n(C)c1=O. The number of carbonyl (C=O) groups excluding carboxylic acids is 1. The number of ether oxygens (including phenoxy) is 2. The quantitative estimate of drug-likeness (QED) is 0.395. The second-order valence-electron chi connectivity index (χ2n) is 7.88. The molecule has 0 saturated carbocycles. The predicted molar refractivity (Wildman–Crippen MR) is 123 cm³/mol. The Kier molecular flexibility index (Phi) is 5.84. The molecule has 0 fully saturated rings. The summed E-state index contributed by atoms with van der Waals surface area (Å²) in [5, 5.41) is 0. The van der Waals surface area contributed by atoms with Crippen LogP contribution in [-0.4, -0.2) is 42.8 Å². The fraction of sp³-hybridized carbons (Fsp3) is 0.391. The van der Waals surface area contributed by atoms with Crippen LogP contribution in [0.2, 0.25) is 0 Å². The second kappa shape index (κ2) is 8.61. The molecule has 0 aliphatic heterocycles. The number of hydrogen-bond acceptors (Lipinski definition) is 6. The molecule has 0 atom stereocenters. The number of hydrogen-bond donors (Lipinski definition) is 0. The first-order valence-electron chi connectivity index (χ1n) is 10.7. The Morgan fingerprint density at radius 3 is 2.39 bits per heavy atom. The van der Waals surface area contributed by atoms with E-state index < -0.39 is 17.2 Å². The van der Waals surface area contributed by atoms with Crippen LogP contribution in [0.15, 0.2) is 33.9 Å². The van der Waals surface area contributed by atoms with Crippen molar-refractivity contribution in [1.82, 2.24) is 23.1 Å². The number of aryl methyl sites for hydroxylation is 2. The van der Waals surface area contributed by atoms with E-state index in [9.17, 15) is 14.4 Å². The van der Waals surface area contributed by atoms with Crippen molar-refractivity contribution < 1.29 is 14.3 Å². The zero-order valence-corrected chi connectivity index (χ0v) is 19.4. The van der Waals surface area contributed by atoms with Crippen molar-refractivity contribution in [3.63, 3.8) is 0 Å². The maximum atomic E-state index is 13.4. The number of rotatable bonds is 7. The summed E-state index contributed by atoms with van der Waals surface area (Å²) in [4.78, 5) is 42.7. The molecular formula is C23H27N5O5. The molecule has 4 aromatic rings. The summed E-state index contributed by atoms with van der Waals surface area (Å²) in [7, 11) is 3.20. The molecule has 3 aromatic heterocycles. The molecular weight excluding hydrogens is 426 g/mol. The van der Waals surface area contributed by atoms with Crippen molar-refractivity contribution in [2.24, 2.45) is 7.05 Å². The highest BCUT2D eigenvalue weighted by Crippen LogP contribution is 2.22. The van der Waals surface area contributed by atoms with Gasteiger partial charge in [-0.2, -0.15) is 4.98 Å². The molecule has 0 amide bonds. The summed E-state index contributed by atoms with van der Waals surface area (Å²) >= 11 is 0. The van der Waals surface area contributed by atoms with Gasteiger partial charge in [0, 0.05) is 25.0 Å². The van der Waals surface area contributed by atoms with Crippen LogP contribution < -0.4 is 16.0 Å². The molecule has 4 rings (SSSR count). The average molecular weight is 453 g/mol. The molecule has 33 heavy (non-hydrogen) atoms. The van der Waals surface area contributed by atoms with E-state index in [1.165, 1.54) is 4.57 Å². The molecule has 0 N–H and O–H groups in total. The largest absolute Gasteiger partial charge is 0.497 e. The number of carbonyl (C=O) groups is 1. The van der Waals surface area contributed by atoms with E-state index in [1.54, 1.807) is 25.5 Å². The van der Waals surface area contributed by atoms with Crippen LogP contribution in [0.25, 0.3) is 16.9 Å². The van der Waals surface area contributed by atoms with E-state index in [2.05, 4.69) is 4.98 Å². The van der Waals surface area contributed by atoms with Crippen molar-refractivity contribution in [2.75, 3.05) is 13.7 Å². The molecule has 1 aromatic carbocycles. The van der Waals surface area contributed by atoms with Crippen LogP contribution in [0, 0.1) is 13.8 Å². The monoisotopic (exact) mass is 453 g/mol. The number of esters is 1. The number of methoxy groups -OCH3 is 1. The standard InChI is InChI=1S/C23H27N5O5/c1-6-33-18(29)11-12-26-21(30)19-20(25(4)23(26)31)24-22-27(14(2)15(3)28(19)22)13-16-7-9-17(32-5)10-8-16/h7-10H,6,11-13H2,1-5H3. The zero-order valence-electron chi connectivity index (χ0n) is 19.4. The molecule has 0 saturated heterocycles. The Labute approximate surface area is 189 Å². The molecule has 0 spiro atoms. The number of nitrogens with zero attached hydrogens (tertiary/aromatic N) is 5. The highest BCUT2D eigenvalue weighted by atomic mass is 16.5. The molecule has 0 radical (unpaired) electrons. The Morgan fingerprint density at radius 1 is 1.06 bits per heavy atom. The van der Waals surface area contributed by atoms with Crippen LogP contribution in [-0.2, 0) is 29.7 Å². The van der Waals surface area contributed by atoms with Gasteiger partial charge in [0.1, 0.15) is 5.75 Å². The predicted octanol–water partition coefficient (Wildman–Crippen LogP) is 1.78. The minimum absolute atomic E-state index is 0.0574. The van der Waals surface area contributed by atoms with E-state index in [0.29, 0.717) is 23.5 Å². The first kappa shape index (κ1) is 22.4. The maximum absolute atomic E-state index is 13.4. The van der Waals surface area contributed by atoms with Gasteiger partial charge in [0.2, 0.25) is 5.78 Å². The van der Waals surface area contributed by atoms with Gasteiger partial charge in [0.15, 0.2) is 11.2 Å².